The van der Waals surface area contributed by atoms with Crippen LogP contribution in [0.1, 0.15) is 34.3 Å². The monoisotopic (exact) mass is 390 g/mol. The zero-order valence-electron chi connectivity index (χ0n) is 16.0. The van der Waals surface area contributed by atoms with E-state index in [1.54, 1.807) is 11.9 Å². The van der Waals surface area contributed by atoms with E-state index >= 15 is 0 Å². The average molecular weight is 390 g/mol. The molecule has 150 valence electrons. The van der Waals surface area contributed by atoms with Gasteiger partial charge in [0.05, 0.1) is 5.56 Å². The third-order valence-corrected chi connectivity index (χ3v) is 5.37. The summed E-state index contributed by atoms with van der Waals surface area (Å²) in [7, 11) is 1.74. The van der Waals surface area contributed by atoms with E-state index in [9.17, 15) is 18.0 Å². The van der Waals surface area contributed by atoms with Gasteiger partial charge in [-0.15, -0.1) is 0 Å². The number of rotatable bonds is 5. The fourth-order valence-corrected chi connectivity index (χ4v) is 3.65. The molecule has 1 heterocycles. The van der Waals surface area contributed by atoms with Crippen molar-refractivity contribution in [1.82, 2.24) is 9.80 Å². The molecule has 0 spiro atoms. The fraction of sp³-hybridized carbons (Fsp3) is 0.409. The molecular weight excluding hydrogens is 365 g/mol. The number of piperidine rings is 1. The Morgan fingerprint density at radius 2 is 1.79 bits per heavy atom. The standard InChI is InChI=1S/C22H25F3N2O/c1-26(21(28)18-9-11-19(12-10-18)22(23,24)25)20-8-5-14-27(16-20)15-13-17-6-3-2-4-7-17/h2-4,6-7,9-12,20H,5,8,13-16H2,1H3. The first-order valence-electron chi connectivity index (χ1n) is 9.55. The highest BCUT2D eigenvalue weighted by molar-refractivity contribution is 5.94. The zero-order valence-corrected chi connectivity index (χ0v) is 16.0. The highest BCUT2D eigenvalue weighted by atomic mass is 19.4. The lowest BCUT2D eigenvalue weighted by Crippen LogP contribution is -2.49. The molecular formula is C22H25F3N2O. The van der Waals surface area contributed by atoms with Crippen LogP contribution in [-0.4, -0.2) is 48.4 Å². The number of benzene rings is 2. The number of nitrogens with zero attached hydrogens (tertiary/aromatic N) is 2. The molecule has 0 aromatic heterocycles. The largest absolute Gasteiger partial charge is 0.416 e. The van der Waals surface area contributed by atoms with E-state index in [0.29, 0.717) is 0 Å². The van der Waals surface area contributed by atoms with Gasteiger partial charge in [-0.2, -0.15) is 13.2 Å². The molecule has 28 heavy (non-hydrogen) atoms. The highest BCUT2D eigenvalue weighted by Crippen LogP contribution is 2.29. The normalized spacial score (nSPS) is 18.1. The number of amides is 1. The van der Waals surface area contributed by atoms with Gasteiger partial charge in [0, 0.05) is 31.7 Å². The third-order valence-electron chi connectivity index (χ3n) is 5.37. The van der Waals surface area contributed by atoms with Crippen molar-refractivity contribution < 1.29 is 18.0 Å². The topological polar surface area (TPSA) is 23.6 Å². The van der Waals surface area contributed by atoms with Crippen LogP contribution in [0.2, 0.25) is 0 Å². The summed E-state index contributed by atoms with van der Waals surface area (Å²) in [5.41, 5.74) is 0.840. The highest BCUT2D eigenvalue weighted by Gasteiger charge is 2.31. The van der Waals surface area contributed by atoms with Crippen molar-refractivity contribution in [3.05, 3.63) is 71.3 Å². The maximum absolute atomic E-state index is 12.7. The van der Waals surface area contributed by atoms with E-state index in [0.717, 1.165) is 51.0 Å². The molecule has 2 aromatic carbocycles. The second-order valence-corrected chi connectivity index (χ2v) is 7.32. The van der Waals surface area contributed by atoms with Gasteiger partial charge in [-0.1, -0.05) is 30.3 Å². The molecule has 0 saturated carbocycles. The van der Waals surface area contributed by atoms with Gasteiger partial charge >= 0.3 is 6.18 Å². The van der Waals surface area contributed by atoms with E-state index in [4.69, 9.17) is 0 Å². The molecule has 1 saturated heterocycles. The smallest absolute Gasteiger partial charge is 0.337 e. The van der Waals surface area contributed by atoms with Gasteiger partial charge in [0.2, 0.25) is 0 Å². The lowest BCUT2D eigenvalue weighted by molar-refractivity contribution is -0.137. The number of hydrogen-bond donors (Lipinski definition) is 0. The maximum Gasteiger partial charge on any atom is 0.416 e. The van der Waals surface area contributed by atoms with Crippen LogP contribution >= 0.6 is 0 Å². The Morgan fingerprint density at radius 1 is 1.11 bits per heavy atom. The molecule has 1 fully saturated rings. The predicted molar refractivity (Wildman–Crippen MR) is 103 cm³/mol. The lowest BCUT2D eigenvalue weighted by atomic mass is 10.0. The van der Waals surface area contributed by atoms with Crippen LogP contribution in [0.25, 0.3) is 0 Å². The minimum atomic E-state index is -4.39. The first-order valence-corrected chi connectivity index (χ1v) is 9.55. The second kappa shape index (κ2) is 8.78. The summed E-state index contributed by atoms with van der Waals surface area (Å²) < 4.78 is 38.1. The van der Waals surface area contributed by atoms with E-state index in [1.165, 1.54) is 17.7 Å². The lowest BCUT2D eigenvalue weighted by Gasteiger charge is -2.37. The number of likely N-dealkylation sites (tertiary alicyclic amines) is 1. The van der Waals surface area contributed by atoms with E-state index in [-0.39, 0.29) is 17.5 Å². The first-order chi connectivity index (χ1) is 13.3. The quantitative estimate of drug-likeness (QED) is 0.751. The van der Waals surface area contributed by atoms with Gasteiger partial charge in [0.1, 0.15) is 0 Å². The minimum absolute atomic E-state index is 0.0688. The van der Waals surface area contributed by atoms with Crippen molar-refractivity contribution >= 4 is 5.91 Å². The molecule has 3 rings (SSSR count). The molecule has 6 heteroatoms. The molecule has 1 unspecified atom stereocenters. The summed E-state index contributed by atoms with van der Waals surface area (Å²) >= 11 is 0. The van der Waals surface area contributed by atoms with Crippen molar-refractivity contribution in [3.63, 3.8) is 0 Å². The van der Waals surface area contributed by atoms with Crippen LogP contribution in [0.4, 0.5) is 13.2 Å². The second-order valence-electron chi connectivity index (χ2n) is 7.32. The number of carbonyl (C=O) groups is 1. The molecule has 1 aliphatic heterocycles. The molecule has 1 amide bonds. The Balaban J connectivity index is 1.58. The van der Waals surface area contributed by atoms with E-state index in [2.05, 4.69) is 17.0 Å². The van der Waals surface area contributed by atoms with Crippen LogP contribution in [-0.2, 0) is 12.6 Å². The predicted octanol–water partition coefficient (Wildman–Crippen LogP) is 4.48. The molecule has 3 nitrogen and oxygen atoms in total. The summed E-state index contributed by atoms with van der Waals surface area (Å²) in [5, 5.41) is 0. The van der Waals surface area contributed by atoms with Gasteiger partial charge in [-0.25, -0.2) is 0 Å². The van der Waals surface area contributed by atoms with Crippen LogP contribution in [0.5, 0.6) is 0 Å². The van der Waals surface area contributed by atoms with E-state index < -0.39 is 11.7 Å². The SMILES string of the molecule is CN(C(=O)c1ccc(C(F)(F)F)cc1)C1CCCN(CCc2ccccc2)C1. The number of halogens is 3. The first kappa shape index (κ1) is 20.4. The summed E-state index contributed by atoms with van der Waals surface area (Å²) in [5.74, 6) is -0.233. The Bertz CT molecular complexity index is 775. The van der Waals surface area contributed by atoms with Crippen LogP contribution < -0.4 is 0 Å². The maximum atomic E-state index is 12.7. The van der Waals surface area contributed by atoms with Gasteiger partial charge in [0.25, 0.3) is 5.91 Å². The van der Waals surface area contributed by atoms with Gasteiger partial charge in [0.15, 0.2) is 0 Å². The van der Waals surface area contributed by atoms with E-state index in [1.807, 2.05) is 18.2 Å². The summed E-state index contributed by atoms with van der Waals surface area (Å²) in [6.07, 6.45) is -1.52. The van der Waals surface area contributed by atoms with Crippen LogP contribution in [0.15, 0.2) is 54.6 Å². The van der Waals surface area contributed by atoms with Crippen molar-refractivity contribution in [2.75, 3.05) is 26.7 Å². The Labute approximate surface area is 163 Å². The summed E-state index contributed by atoms with van der Waals surface area (Å²) in [6, 6.07) is 14.8. The summed E-state index contributed by atoms with van der Waals surface area (Å²) in [6.45, 7) is 2.73. The molecule has 0 N–H and O–H groups in total. The molecule has 0 bridgehead atoms. The average Bonchev–Trinajstić information content (AvgIpc) is 2.71. The van der Waals surface area contributed by atoms with Gasteiger partial charge < -0.3 is 9.80 Å². The zero-order chi connectivity index (χ0) is 20.1. The third kappa shape index (κ3) is 5.13. The van der Waals surface area contributed by atoms with Crippen LogP contribution in [0.3, 0.4) is 0 Å². The molecule has 1 atom stereocenters. The summed E-state index contributed by atoms with van der Waals surface area (Å²) in [4.78, 5) is 16.8. The molecule has 0 radical (unpaired) electrons. The molecule has 0 aliphatic carbocycles. The fourth-order valence-electron chi connectivity index (χ4n) is 3.65. The number of carbonyl (C=O) groups excluding carboxylic acids is 1. The Morgan fingerprint density at radius 3 is 2.43 bits per heavy atom. The molecule has 1 aliphatic rings. The van der Waals surface area contributed by atoms with Crippen molar-refractivity contribution in [2.24, 2.45) is 0 Å². The molecule has 2 aromatic rings. The van der Waals surface area contributed by atoms with Gasteiger partial charge in [-0.05, 0) is 55.6 Å². The van der Waals surface area contributed by atoms with Crippen molar-refractivity contribution in [3.8, 4) is 0 Å². The number of alkyl halides is 3. The Hall–Kier alpha value is -2.34. The Kier molecular flexibility index (Phi) is 6.39. The number of likely N-dealkylation sites (N-methyl/N-ethyl adjacent to an activating group) is 1. The van der Waals surface area contributed by atoms with Gasteiger partial charge in [-0.3, -0.25) is 4.79 Å². The number of hydrogen-bond acceptors (Lipinski definition) is 2. The van der Waals surface area contributed by atoms with Crippen LogP contribution in [0, 0.1) is 0 Å². The van der Waals surface area contributed by atoms with Crippen molar-refractivity contribution in [2.45, 2.75) is 31.5 Å². The van der Waals surface area contributed by atoms with Crippen molar-refractivity contribution in [1.29, 1.82) is 0 Å². The minimum Gasteiger partial charge on any atom is -0.337 e.